The normalized spacial score (nSPS) is 16.0. The van der Waals surface area contributed by atoms with Gasteiger partial charge in [0.25, 0.3) is 0 Å². The zero-order valence-corrected chi connectivity index (χ0v) is 14.0. The summed E-state index contributed by atoms with van der Waals surface area (Å²) < 4.78 is 9.55. The summed E-state index contributed by atoms with van der Waals surface area (Å²) in [6.07, 6.45) is -0.970. The van der Waals surface area contributed by atoms with E-state index in [1.807, 2.05) is 30.3 Å². The quantitative estimate of drug-likeness (QED) is 0.698. The lowest BCUT2D eigenvalue weighted by molar-refractivity contribution is -0.154. The van der Waals surface area contributed by atoms with Gasteiger partial charge in [-0.3, -0.25) is 9.59 Å². The highest BCUT2D eigenvalue weighted by Gasteiger charge is 2.39. The van der Waals surface area contributed by atoms with Crippen LogP contribution in [-0.2, 0) is 25.6 Å². The summed E-state index contributed by atoms with van der Waals surface area (Å²) in [7, 11) is 2.55. The van der Waals surface area contributed by atoms with Gasteiger partial charge in [0.1, 0.15) is 0 Å². The molecule has 0 aliphatic heterocycles. The van der Waals surface area contributed by atoms with Crippen molar-refractivity contribution in [2.24, 2.45) is 11.8 Å². The maximum Gasteiger partial charge on any atom is 0.312 e. The van der Waals surface area contributed by atoms with E-state index in [4.69, 9.17) is 9.47 Å². The summed E-state index contributed by atoms with van der Waals surface area (Å²) in [6.45, 7) is 3.61. The third-order valence-corrected chi connectivity index (χ3v) is 3.88. The van der Waals surface area contributed by atoms with E-state index in [0.29, 0.717) is 6.54 Å². The van der Waals surface area contributed by atoms with Gasteiger partial charge in [0.15, 0.2) is 0 Å². The van der Waals surface area contributed by atoms with Crippen LogP contribution in [0.25, 0.3) is 0 Å². The molecule has 0 heterocycles. The second-order valence-corrected chi connectivity index (χ2v) is 5.49. The number of nitrogens with one attached hydrogen (secondary N) is 1. The van der Waals surface area contributed by atoms with Gasteiger partial charge in [-0.15, -0.1) is 0 Å². The van der Waals surface area contributed by atoms with E-state index < -0.39 is 35.9 Å². The van der Waals surface area contributed by atoms with Gasteiger partial charge in [-0.05, 0) is 12.5 Å². The van der Waals surface area contributed by atoms with Gasteiger partial charge in [-0.2, -0.15) is 0 Å². The number of benzene rings is 1. The Kier molecular flexibility index (Phi) is 7.71. The van der Waals surface area contributed by atoms with E-state index in [1.165, 1.54) is 21.1 Å². The molecule has 0 saturated carbocycles. The number of carbonyl (C=O) groups is 2. The Hall–Kier alpha value is -1.92. The molecule has 1 aromatic rings. The van der Waals surface area contributed by atoms with Crippen molar-refractivity contribution >= 4 is 11.9 Å². The van der Waals surface area contributed by atoms with E-state index in [1.54, 1.807) is 6.92 Å². The highest BCUT2D eigenvalue weighted by Crippen LogP contribution is 2.21. The minimum atomic E-state index is -0.970. The zero-order chi connectivity index (χ0) is 17.4. The summed E-state index contributed by atoms with van der Waals surface area (Å²) in [5, 5.41) is 13.2. The van der Waals surface area contributed by atoms with Gasteiger partial charge in [0, 0.05) is 12.6 Å². The molecule has 0 aliphatic rings. The van der Waals surface area contributed by atoms with Crippen LogP contribution in [0.2, 0.25) is 0 Å². The van der Waals surface area contributed by atoms with Crippen molar-refractivity contribution in [1.29, 1.82) is 0 Å². The van der Waals surface area contributed by atoms with Crippen molar-refractivity contribution in [1.82, 2.24) is 5.32 Å². The summed E-state index contributed by atoms with van der Waals surface area (Å²) >= 11 is 0. The molecule has 0 fully saturated rings. The molecule has 1 rings (SSSR count). The molecule has 128 valence electrons. The van der Waals surface area contributed by atoms with Crippen molar-refractivity contribution < 1.29 is 24.2 Å². The molecule has 0 radical (unpaired) electrons. The SMILES string of the molecule is COC(=O)[C@@H]([C@H](NCc1ccccc1)[C@H](C)C(=O)OC)[C@H](C)O. The van der Waals surface area contributed by atoms with Crippen LogP contribution < -0.4 is 5.32 Å². The maximum atomic E-state index is 12.0. The molecule has 4 atom stereocenters. The molecule has 0 bridgehead atoms. The van der Waals surface area contributed by atoms with E-state index in [-0.39, 0.29) is 0 Å². The topological polar surface area (TPSA) is 84.9 Å². The number of ether oxygens (including phenoxy) is 2. The number of rotatable bonds is 8. The second kappa shape index (κ2) is 9.27. The maximum absolute atomic E-state index is 12.0. The zero-order valence-electron chi connectivity index (χ0n) is 14.0. The first kappa shape index (κ1) is 19.1. The minimum Gasteiger partial charge on any atom is -0.469 e. The van der Waals surface area contributed by atoms with E-state index in [9.17, 15) is 14.7 Å². The number of esters is 2. The van der Waals surface area contributed by atoms with E-state index in [0.717, 1.165) is 5.56 Å². The molecule has 0 spiro atoms. The Balaban J connectivity index is 2.99. The molecule has 23 heavy (non-hydrogen) atoms. The predicted molar refractivity (Wildman–Crippen MR) is 85.4 cm³/mol. The van der Waals surface area contributed by atoms with Crippen molar-refractivity contribution in [3.8, 4) is 0 Å². The average Bonchev–Trinajstić information content (AvgIpc) is 2.57. The fraction of sp³-hybridized carbons (Fsp3) is 0.529. The van der Waals surface area contributed by atoms with Crippen molar-refractivity contribution in [3.05, 3.63) is 35.9 Å². The van der Waals surface area contributed by atoms with Crippen LogP contribution >= 0.6 is 0 Å². The lowest BCUT2D eigenvalue weighted by atomic mass is 9.85. The summed E-state index contributed by atoms with van der Waals surface area (Å²) in [4.78, 5) is 24.0. The molecule has 6 nitrogen and oxygen atoms in total. The number of carbonyl (C=O) groups excluding carboxylic acids is 2. The molecule has 6 heteroatoms. The molecule has 0 aromatic heterocycles. The highest BCUT2D eigenvalue weighted by atomic mass is 16.5. The Morgan fingerprint density at radius 2 is 1.65 bits per heavy atom. The van der Waals surface area contributed by atoms with Gasteiger partial charge >= 0.3 is 11.9 Å². The molecular formula is C17H25NO5. The minimum absolute atomic E-state index is 0.451. The van der Waals surface area contributed by atoms with Crippen LogP contribution in [0.3, 0.4) is 0 Å². The Labute approximate surface area is 136 Å². The Bertz CT molecular complexity index is 503. The molecular weight excluding hydrogens is 298 g/mol. The Morgan fingerprint density at radius 3 is 2.13 bits per heavy atom. The fourth-order valence-corrected chi connectivity index (χ4v) is 2.56. The van der Waals surface area contributed by atoms with Gasteiger partial charge in [-0.25, -0.2) is 0 Å². The first-order valence-electron chi connectivity index (χ1n) is 7.53. The van der Waals surface area contributed by atoms with Crippen molar-refractivity contribution in [2.75, 3.05) is 14.2 Å². The first-order chi connectivity index (χ1) is 10.9. The summed E-state index contributed by atoms with van der Waals surface area (Å²) in [5.41, 5.74) is 1.00. The molecule has 0 aliphatic carbocycles. The first-order valence-corrected chi connectivity index (χ1v) is 7.53. The number of hydrogen-bond donors (Lipinski definition) is 2. The lowest BCUT2D eigenvalue weighted by Crippen LogP contribution is -2.51. The molecule has 0 unspecified atom stereocenters. The monoisotopic (exact) mass is 323 g/mol. The lowest BCUT2D eigenvalue weighted by Gasteiger charge is -2.31. The van der Waals surface area contributed by atoms with Gasteiger partial charge < -0.3 is 19.9 Å². The van der Waals surface area contributed by atoms with E-state index in [2.05, 4.69) is 5.32 Å². The number of aliphatic hydroxyl groups is 1. The van der Waals surface area contributed by atoms with Crippen LogP contribution in [0.15, 0.2) is 30.3 Å². The Morgan fingerprint density at radius 1 is 1.09 bits per heavy atom. The summed E-state index contributed by atoms with van der Waals surface area (Å²) in [5.74, 6) is -2.52. The second-order valence-electron chi connectivity index (χ2n) is 5.49. The fourth-order valence-electron chi connectivity index (χ4n) is 2.56. The van der Waals surface area contributed by atoms with Crippen LogP contribution in [0.4, 0.5) is 0 Å². The van der Waals surface area contributed by atoms with Crippen LogP contribution in [-0.4, -0.2) is 43.4 Å². The third kappa shape index (κ3) is 5.33. The number of aliphatic hydroxyl groups excluding tert-OH is 1. The largest absolute Gasteiger partial charge is 0.469 e. The molecule has 0 amide bonds. The van der Waals surface area contributed by atoms with Crippen molar-refractivity contribution in [3.63, 3.8) is 0 Å². The highest BCUT2D eigenvalue weighted by molar-refractivity contribution is 5.77. The van der Waals surface area contributed by atoms with Crippen molar-refractivity contribution in [2.45, 2.75) is 32.5 Å². The molecule has 1 aromatic carbocycles. The molecule has 2 N–H and O–H groups in total. The number of hydrogen-bond acceptors (Lipinski definition) is 6. The van der Waals surface area contributed by atoms with Crippen LogP contribution in [0.5, 0.6) is 0 Å². The van der Waals surface area contributed by atoms with E-state index >= 15 is 0 Å². The third-order valence-electron chi connectivity index (χ3n) is 3.88. The van der Waals surface area contributed by atoms with Crippen LogP contribution in [0.1, 0.15) is 19.4 Å². The molecule has 0 saturated heterocycles. The standard InChI is InChI=1S/C17H25NO5/c1-11(16(20)22-3)15(14(12(2)19)17(21)23-4)18-10-13-8-6-5-7-9-13/h5-9,11-12,14-15,18-19H,10H2,1-4H3/t11-,12-,14+,15+/m0/s1. The van der Waals surface area contributed by atoms with Gasteiger partial charge in [-0.1, -0.05) is 37.3 Å². The van der Waals surface area contributed by atoms with Gasteiger partial charge in [0.05, 0.1) is 32.2 Å². The smallest absolute Gasteiger partial charge is 0.312 e. The predicted octanol–water partition coefficient (Wildman–Crippen LogP) is 1.12. The van der Waals surface area contributed by atoms with Gasteiger partial charge in [0.2, 0.25) is 0 Å². The van der Waals surface area contributed by atoms with Crippen LogP contribution in [0, 0.1) is 11.8 Å². The summed E-state index contributed by atoms with van der Waals surface area (Å²) in [6, 6.07) is 8.97. The number of methoxy groups -OCH3 is 2. The average molecular weight is 323 g/mol.